The number of nitrogens with one attached hydrogen (secondary N) is 2. The van der Waals surface area contributed by atoms with Crippen molar-refractivity contribution in [3.05, 3.63) is 59.4 Å². The first kappa shape index (κ1) is 20.4. The molecule has 0 aliphatic rings. The molecule has 2 amide bonds. The normalized spacial score (nSPS) is 11.6. The van der Waals surface area contributed by atoms with Crippen LogP contribution in [0.15, 0.2) is 48.7 Å². The highest BCUT2D eigenvalue weighted by molar-refractivity contribution is 6.32. The Kier molecular flexibility index (Phi) is 7.31. The lowest BCUT2D eigenvalue weighted by molar-refractivity contribution is -0.150. The molecule has 1 heterocycles. The third kappa shape index (κ3) is 6.07. The molecule has 0 aliphatic carbocycles. The second-order valence-corrected chi connectivity index (χ2v) is 6.42. The summed E-state index contributed by atoms with van der Waals surface area (Å²) in [6, 6.07) is 10.8. The lowest BCUT2D eigenvalue weighted by Crippen LogP contribution is -2.45. The number of hydrogen-bond donors (Lipinski definition) is 2. The molecular formula is C19H20ClN3O4. The van der Waals surface area contributed by atoms with Gasteiger partial charge in [0.05, 0.1) is 5.69 Å². The predicted molar refractivity (Wildman–Crippen MR) is 101 cm³/mol. The molecule has 2 N–H and O–H groups in total. The maximum Gasteiger partial charge on any atom is 0.329 e. The van der Waals surface area contributed by atoms with Crippen molar-refractivity contribution in [1.82, 2.24) is 10.3 Å². The van der Waals surface area contributed by atoms with Gasteiger partial charge in [-0.3, -0.25) is 9.59 Å². The lowest BCUT2D eigenvalue weighted by atomic mass is 10.0. The average Bonchev–Trinajstić information content (AvgIpc) is 2.66. The number of amides is 2. The third-order valence-electron chi connectivity index (χ3n) is 3.62. The summed E-state index contributed by atoms with van der Waals surface area (Å²) in [5.74, 6) is -1.87. The number of rotatable bonds is 7. The van der Waals surface area contributed by atoms with Crippen molar-refractivity contribution in [2.24, 2.45) is 5.92 Å². The number of carbonyl (C=O) groups is 3. The minimum Gasteiger partial charge on any atom is -0.454 e. The van der Waals surface area contributed by atoms with Crippen LogP contribution >= 0.6 is 11.6 Å². The molecule has 1 aromatic carbocycles. The summed E-state index contributed by atoms with van der Waals surface area (Å²) in [6.07, 6.45) is 1.49. The zero-order chi connectivity index (χ0) is 19.8. The second kappa shape index (κ2) is 9.68. The quantitative estimate of drug-likeness (QED) is 0.560. The van der Waals surface area contributed by atoms with Gasteiger partial charge in [0.1, 0.15) is 6.04 Å². The van der Waals surface area contributed by atoms with E-state index in [1.54, 1.807) is 56.3 Å². The van der Waals surface area contributed by atoms with Crippen LogP contribution < -0.4 is 10.6 Å². The zero-order valence-corrected chi connectivity index (χ0v) is 15.7. The van der Waals surface area contributed by atoms with Crippen molar-refractivity contribution < 1.29 is 19.1 Å². The first-order chi connectivity index (χ1) is 12.9. The van der Waals surface area contributed by atoms with Gasteiger partial charge in [0.2, 0.25) is 0 Å². The Hall–Kier alpha value is -2.93. The van der Waals surface area contributed by atoms with E-state index in [1.165, 1.54) is 6.20 Å². The Labute approximate surface area is 162 Å². The fourth-order valence-corrected chi connectivity index (χ4v) is 2.37. The van der Waals surface area contributed by atoms with E-state index in [1.807, 2.05) is 0 Å². The number of hydrogen-bond acceptors (Lipinski definition) is 5. The maximum absolute atomic E-state index is 12.3. The summed E-state index contributed by atoms with van der Waals surface area (Å²) in [4.78, 5) is 40.4. The fraction of sp³-hybridized carbons (Fsp3) is 0.263. The highest BCUT2D eigenvalue weighted by Gasteiger charge is 2.26. The molecule has 0 unspecified atom stereocenters. The van der Waals surface area contributed by atoms with Crippen LogP contribution in [0.5, 0.6) is 0 Å². The summed E-state index contributed by atoms with van der Waals surface area (Å²) >= 11 is 5.86. The average molecular weight is 390 g/mol. The summed E-state index contributed by atoms with van der Waals surface area (Å²) in [6.45, 7) is 3.04. The number of benzene rings is 1. The number of anilines is 1. The van der Waals surface area contributed by atoms with Gasteiger partial charge in [-0.25, -0.2) is 9.78 Å². The number of carbonyl (C=O) groups excluding carboxylic acids is 3. The maximum atomic E-state index is 12.3. The van der Waals surface area contributed by atoms with Crippen LogP contribution in [-0.4, -0.2) is 35.4 Å². The standard InChI is InChI=1S/C19H20ClN3O4/c1-12(2)16(23-18(25)13-7-4-3-5-8-13)19(26)27-11-15(24)22-14-9-6-10-21-17(14)20/h3-10,12,16H,11H2,1-2H3,(H,22,24)(H,23,25)/t16-/m0/s1. The molecule has 0 aliphatic heterocycles. The molecular weight excluding hydrogens is 370 g/mol. The molecule has 0 spiro atoms. The van der Waals surface area contributed by atoms with Crippen LogP contribution in [0.3, 0.4) is 0 Å². The lowest BCUT2D eigenvalue weighted by Gasteiger charge is -2.20. The Morgan fingerprint density at radius 2 is 1.81 bits per heavy atom. The van der Waals surface area contributed by atoms with E-state index in [9.17, 15) is 14.4 Å². The molecule has 142 valence electrons. The highest BCUT2D eigenvalue weighted by atomic mass is 35.5. The Balaban J connectivity index is 1.92. The summed E-state index contributed by atoms with van der Waals surface area (Å²) < 4.78 is 5.05. The molecule has 0 bridgehead atoms. The summed E-state index contributed by atoms with van der Waals surface area (Å²) in [5.41, 5.74) is 0.748. The molecule has 1 atom stereocenters. The van der Waals surface area contributed by atoms with Crippen molar-refractivity contribution in [2.45, 2.75) is 19.9 Å². The van der Waals surface area contributed by atoms with Gasteiger partial charge in [-0.15, -0.1) is 0 Å². The molecule has 8 heteroatoms. The van der Waals surface area contributed by atoms with Gasteiger partial charge in [0.15, 0.2) is 11.8 Å². The minimum absolute atomic E-state index is 0.132. The van der Waals surface area contributed by atoms with Crippen LogP contribution in [0.1, 0.15) is 24.2 Å². The number of pyridine rings is 1. The van der Waals surface area contributed by atoms with Crippen molar-refractivity contribution in [3.63, 3.8) is 0 Å². The largest absolute Gasteiger partial charge is 0.454 e. The van der Waals surface area contributed by atoms with E-state index >= 15 is 0 Å². The van der Waals surface area contributed by atoms with Gasteiger partial charge in [0.25, 0.3) is 11.8 Å². The van der Waals surface area contributed by atoms with Gasteiger partial charge in [-0.2, -0.15) is 0 Å². The van der Waals surface area contributed by atoms with Crippen LogP contribution in [-0.2, 0) is 14.3 Å². The van der Waals surface area contributed by atoms with E-state index in [4.69, 9.17) is 16.3 Å². The number of esters is 1. The molecule has 0 saturated heterocycles. The van der Waals surface area contributed by atoms with Gasteiger partial charge in [-0.05, 0) is 30.2 Å². The first-order valence-electron chi connectivity index (χ1n) is 8.31. The summed E-state index contributed by atoms with van der Waals surface area (Å²) in [5, 5.41) is 5.27. The van der Waals surface area contributed by atoms with Gasteiger partial charge < -0.3 is 15.4 Å². The zero-order valence-electron chi connectivity index (χ0n) is 14.9. The summed E-state index contributed by atoms with van der Waals surface area (Å²) in [7, 11) is 0. The molecule has 0 radical (unpaired) electrons. The Morgan fingerprint density at radius 1 is 1.11 bits per heavy atom. The highest BCUT2D eigenvalue weighted by Crippen LogP contribution is 2.17. The first-order valence-corrected chi connectivity index (χ1v) is 8.69. The molecule has 0 fully saturated rings. The second-order valence-electron chi connectivity index (χ2n) is 6.06. The van der Waals surface area contributed by atoms with Crippen molar-refractivity contribution >= 4 is 35.1 Å². The van der Waals surface area contributed by atoms with Crippen LogP contribution in [0.4, 0.5) is 5.69 Å². The van der Waals surface area contributed by atoms with Crippen molar-refractivity contribution in [2.75, 3.05) is 11.9 Å². The van der Waals surface area contributed by atoms with Crippen molar-refractivity contribution in [3.8, 4) is 0 Å². The molecule has 7 nitrogen and oxygen atoms in total. The number of halogens is 1. The Morgan fingerprint density at radius 3 is 2.44 bits per heavy atom. The smallest absolute Gasteiger partial charge is 0.329 e. The van der Waals surface area contributed by atoms with Crippen LogP contribution in [0, 0.1) is 5.92 Å². The monoisotopic (exact) mass is 389 g/mol. The number of nitrogens with zero attached hydrogens (tertiary/aromatic N) is 1. The van der Waals surface area contributed by atoms with Crippen molar-refractivity contribution in [1.29, 1.82) is 0 Å². The number of aromatic nitrogens is 1. The van der Waals surface area contributed by atoms with E-state index < -0.39 is 30.4 Å². The van der Waals surface area contributed by atoms with E-state index in [2.05, 4.69) is 15.6 Å². The number of ether oxygens (including phenoxy) is 1. The molecule has 27 heavy (non-hydrogen) atoms. The topological polar surface area (TPSA) is 97.4 Å². The van der Waals surface area contributed by atoms with Gasteiger partial charge in [-0.1, -0.05) is 43.6 Å². The fourth-order valence-electron chi connectivity index (χ4n) is 2.20. The molecule has 0 saturated carbocycles. The van der Waals surface area contributed by atoms with Crippen LogP contribution in [0.2, 0.25) is 5.15 Å². The third-order valence-corrected chi connectivity index (χ3v) is 3.92. The van der Waals surface area contributed by atoms with Crippen LogP contribution in [0.25, 0.3) is 0 Å². The van der Waals surface area contributed by atoms with Gasteiger partial charge in [0, 0.05) is 11.8 Å². The molecule has 2 rings (SSSR count). The van der Waals surface area contributed by atoms with E-state index in [-0.39, 0.29) is 11.1 Å². The van der Waals surface area contributed by atoms with Gasteiger partial charge >= 0.3 is 5.97 Å². The minimum atomic E-state index is -0.882. The van der Waals surface area contributed by atoms with E-state index in [0.29, 0.717) is 11.3 Å². The van der Waals surface area contributed by atoms with E-state index in [0.717, 1.165) is 0 Å². The Bertz CT molecular complexity index is 812. The molecule has 2 aromatic rings. The SMILES string of the molecule is CC(C)[C@H](NC(=O)c1ccccc1)C(=O)OCC(=O)Nc1cccnc1Cl. The molecule has 1 aromatic heterocycles. The predicted octanol–water partition coefficient (Wildman–Crippen LogP) is 2.67.